The number of anilines is 2. The number of hydrogen-bond acceptors (Lipinski definition) is 7. The van der Waals surface area contributed by atoms with Crippen LogP contribution in [0.2, 0.25) is 0 Å². The van der Waals surface area contributed by atoms with E-state index in [4.69, 9.17) is 10.5 Å². The summed E-state index contributed by atoms with van der Waals surface area (Å²) in [6.07, 6.45) is 1.52. The van der Waals surface area contributed by atoms with Crippen LogP contribution in [0, 0.1) is 5.92 Å². The largest absolute Gasteiger partial charge is 0.464 e. The van der Waals surface area contributed by atoms with Gasteiger partial charge in [0.25, 0.3) is 0 Å². The second-order valence-electron chi connectivity index (χ2n) is 5.42. The minimum atomic E-state index is -0.327. The fourth-order valence-electron chi connectivity index (χ4n) is 1.71. The molecule has 0 amide bonds. The maximum Gasteiger partial charge on any atom is 0.326 e. The number of imidazole rings is 1. The number of fused-ring (bicyclic) bond motifs is 1. The van der Waals surface area contributed by atoms with Crippen molar-refractivity contribution >= 4 is 28.9 Å². The minimum Gasteiger partial charge on any atom is -0.464 e. The van der Waals surface area contributed by atoms with Gasteiger partial charge in [0.2, 0.25) is 5.95 Å². The zero-order chi connectivity index (χ0) is 15.6. The van der Waals surface area contributed by atoms with Gasteiger partial charge < -0.3 is 19.9 Å². The fourth-order valence-corrected chi connectivity index (χ4v) is 1.71. The van der Waals surface area contributed by atoms with Gasteiger partial charge in [0.1, 0.15) is 12.1 Å². The van der Waals surface area contributed by atoms with Crippen LogP contribution in [-0.4, -0.2) is 46.2 Å². The van der Waals surface area contributed by atoms with Crippen LogP contribution in [0.4, 0.5) is 11.8 Å². The van der Waals surface area contributed by atoms with Gasteiger partial charge in [0.05, 0.1) is 12.9 Å². The first kappa shape index (κ1) is 15.0. The summed E-state index contributed by atoms with van der Waals surface area (Å²) in [4.78, 5) is 26.2. The molecule has 0 atom stereocenters. The van der Waals surface area contributed by atoms with Gasteiger partial charge in [0, 0.05) is 14.1 Å². The molecule has 2 aromatic heterocycles. The van der Waals surface area contributed by atoms with Crippen molar-refractivity contribution in [3.63, 3.8) is 0 Å². The van der Waals surface area contributed by atoms with Crippen molar-refractivity contribution in [2.24, 2.45) is 5.92 Å². The van der Waals surface area contributed by atoms with Crippen LogP contribution in [0.1, 0.15) is 13.8 Å². The van der Waals surface area contributed by atoms with E-state index >= 15 is 0 Å². The van der Waals surface area contributed by atoms with Crippen molar-refractivity contribution in [1.29, 1.82) is 0 Å². The van der Waals surface area contributed by atoms with E-state index in [1.165, 1.54) is 6.33 Å². The molecule has 0 spiro atoms. The molecule has 0 saturated carbocycles. The van der Waals surface area contributed by atoms with Gasteiger partial charge in [-0.25, -0.2) is 4.98 Å². The first-order valence-electron chi connectivity index (χ1n) is 6.69. The Hall–Kier alpha value is -2.38. The summed E-state index contributed by atoms with van der Waals surface area (Å²) < 4.78 is 6.78. The van der Waals surface area contributed by atoms with E-state index in [-0.39, 0.29) is 18.3 Å². The normalized spacial score (nSPS) is 11.1. The Kier molecular flexibility index (Phi) is 4.25. The fraction of sp³-hybridized carbons (Fsp3) is 0.538. The molecular formula is C13H20N6O2. The SMILES string of the molecule is CC(C)COC(=O)Cn1cnc2c(N)nc(N(C)C)nc21. The van der Waals surface area contributed by atoms with Gasteiger partial charge in [0.15, 0.2) is 11.5 Å². The molecule has 2 rings (SSSR count). The smallest absolute Gasteiger partial charge is 0.326 e. The highest BCUT2D eigenvalue weighted by atomic mass is 16.5. The number of esters is 1. The van der Waals surface area contributed by atoms with Crippen LogP contribution in [0.5, 0.6) is 0 Å². The van der Waals surface area contributed by atoms with Crippen molar-refractivity contribution in [3.05, 3.63) is 6.33 Å². The molecular weight excluding hydrogens is 272 g/mol. The van der Waals surface area contributed by atoms with Gasteiger partial charge in [-0.1, -0.05) is 13.8 Å². The first-order chi connectivity index (χ1) is 9.88. The molecule has 2 heterocycles. The summed E-state index contributed by atoms with van der Waals surface area (Å²) in [6.45, 7) is 4.41. The summed E-state index contributed by atoms with van der Waals surface area (Å²) in [5.74, 6) is 0.730. The van der Waals surface area contributed by atoms with Crippen LogP contribution in [0.15, 0.2) is 6.33 Å². The quantitative estimate of drug-likeness (QED) is 0.809. The average molecular weight is 292 g/mol. The zero-order valence-electron chi connectivity index (χ0n) is 12.7. The molecule has 0 aliphatic heterocycles. The molecule has 21 heavy (non-hydrogen) atoms. The Balaban J connectivity index is 2.26. The van der Waals surface area contributed by atoms with Gasteiger partial charge in [-0.2, -0.15) is 9.97 Å². The van der Waals surface area contributed by atoms with E-state index in [9.17, 15) is 4.79 Å². The molecule has 8 nitrogen and oxygen atoms in total. The number of nitrogens with two attached hydrogens (primary N) is 1. The molecule has 0 aliphatic carbocycles. The van der Waals surface area contributed by atoms with Crippen LogP contribution < -0.4 is 10.6 Å². The molecule has 114 valence electrons. The summed E-state index contributed by atoms with van der Waals surface area (Å²) in [6, 6.07) is 0. The first-order valence-corrected chi connectivity index (χ1v) is 6.69. The van der Waals surface area contributed by atoms with Crippen LogP contribution in [-0.2, 0) is 16.1 Å². The number of rotatable bonds is 5. The molecule has 0 aromatic carbocycles. The minimum absolute atomic E-state index is 0.0482. The van der Waals surface area contributed by atoms with Crippen molar-refractivity contribution in [2.45, 2.75) is 20.4 Å². The lowest BCUT2D eigenvalue weighted by atomic mass is 10.2. The van der Waals surface area contributed by atoms with Crippen LogP contribution in [0.25, 0.3) is 11.2 Å². The third kappa shape index (κ3) is 3.39. The maximum absolute atomic E-state index is 11.8. The Morgan fingerprint density at radius 1 is 1.43 bits per heavy atom. The maximum atomic E-state index is 11.8. The monoisotopic (exact) mass is 292 g/mol. The number of hydrogen-bond donors (Lipinski definition) is 1. The van der Waals surface area contributed by atoms with Crippen LogP contribution >= 0.6 is 0 Å². The van der Waals surface area contributed by atoms with E-state index in [2.05, 4.69) is 15.0 Å². The summed E-state index contributed by atoms with van der Waals surface area (Å²) in [5.41, 5.74) is 6.87. The third-order valence-corrected chi connectivity index (χ3v) is 2.76. The number of nitrogen functional groups attached to an aromatic ring is 1. The summed E-state index contributed by atoms with van der Waals surface area (Å²) in [7, 11) is 3.64. The zero-order valence-corrected chi connectivity index (χ0v) is 12.7. The highest BCUT2D eigenvalue weighted by Gasteiger charge is 2.15. The Morgan fingerprint density at radius 3 is 2.76 bits per heavy atom. The number of carbonyl (C=O) groups is 1. The molecule has 2 aromatic rings. The van der Waals surface area contributed by atoms with E-state index in [0.29, 0.717) is 29.6 Å². The van der Waals surface area contributed by atoms with E-state index in [1.807, 2.05) is 27.9 Å². The number of ether oxygens (including phenoxy) is 1. The summed E-state index contributed by atoms with van der Waals surface area (Å²) >= 11 is 0. The van der Waals surface area contributed by atoms with Crippen molar-refractivity contribution in [1.82, 2.24) is 19.5 Å². The Bertz CT molecular complexity index is 649. The van der Waals surface area contributed by atoms with E-state index in [1.54, 1.807) is 9.47 Å². The van der Waals surface area contributed by atoms with Gasteiger partial charge in [-0.3, -0.25) is 4.79 Å². The molecule has 8 heteroatoms. The van der Waals surface area contributed by atoms with Crippen molar-refractivity contribution < 1.29 is 9.53 Å². The topological polar surface area (TPSA) is 99.2 Å². The molecule has 0 bridgehead atoms. The Labute approximate surface area is 122 Å². The standard InChI is InChI=1S/C13H20N6O2/c1-8(2)6-21-9(20)5-19-7-15-10-11(14)16-13(18(3)4)17-12(10)19/h7-8H,5-6H2,1-4H3,(H2,14,16,17). The predicted octanol–water partition coefficient (Wildman–Crippen LogP) is 0.674. The van der Waals surface area contributed by atoms with Crippen molar-refractivity contribution in [3.8, 4) is 0 Å². The lowest BCUT2D eigenvalue weighted by molar-refractivity contribution is -0.145. The van der Waals surface area contributed by atoms with E-state index in [0.717, 1.165) is 0 Å². The second-order valence-corrected chi connectivity index (χ2v) is 5.42. The third-order valence-electron chi connectivity index (χ3n) is 2.76. The van der Waals surface area contributed by atoms with Gasteiger partial charge in [-0.15, -0.1) is 0 Å². The van der Waals surface area contributed by atoms with Gasteiger partial charge >= 0.3 is 5.97 Å². The van der Waals surface area contributed by atoms with E-state index < -0.39 is 0 Å². The van der Waals surface area contributed by atoms with Crippen molar-refractivity contribution in [2.75, 3.05) is 31.3 Å². The van der Waals surface area contributed by atoms with Crippen LogP contribution in [0.3, 0.4) is 0 Å². The molecule has 0 fully saturated rings. The Morgan fingerprint density at radius 2 is 2.14 bits per heavy atom. The summed E-state index contributed by atoms with van der Waals surface area (Å²) in [5, 5.41) is 0. The lowest BCUT2D eigenvalue weighted by Crippen LogP contribution is -2.17. The van der Waals surface area contributed by atoms with Gasteiger partial charge in [-0.05, 0) is 5.92 Å². The highest BCUT2D eigenvalue weighted by molar-refractivity contribution is 5.84. The number of carbonyl (C=O) groups excluding carboxylic acids is 1. The lowest BCUT2D eigenvalue weighted by Gasteiger charge is -2.11. The molecule has 0 unspecified atom stereocenters. The molecule has 0 saturated heterocycles. The molecule has 0 radical (unpaired) electrons. The number of aromatic nitrogens is 4. The highest BCUT2D eigenvalue weighted by Crippen LogP contribution is 2.19. The molecule has 2 N–H and O–H groups in total. The molecule has 0 aliphatic rings. The average Bonchev–Trinajstić information content (AvgIpc) is 2.80. The second kappa shape index (κ2) is 5.94. The predicted molar refractivity (Wildman–Crippen MR) is 79.9 cm³/mol. The number of nitrogens with zero attached hydrogens (tertiary/aromatic N) is 5.